The highest BCUT2D eigenvalue weighted by Crippen LogP contribution is 2.27. The van der Waals surface area contributed by atoms with Crippen LogP contribution in [0.4, 0.5) is 11.4 Å². The third-order valence-corrected chi connectivity index (χ3v) is 7.10. The summed E-state index contributed by atoms with van der Waals surface area (Å²) in [5, 5.41) is 13.7. The number of sulfonamides is 1. The van der Waals surface area contributed by atoms with Crippen molar-refractivity contribution in [1.29, 1.82) is 0 Å². The molecular formula is C23H22BrClN2O5S. The summed E-state index contributed by atoms with van der Waals surface area (Å²) in [5.41, 5.74) is 1.01. The van der Waals surface area contributed by atoms with E-state index in [1.807, 2.05) is 0 Å². The number of nitrogens with zero attached hydrogens (tertiary/aromatic N) is 1. The quantitative estimate of drug-likeness (QED) is 0.401. The number of carbonyl (C=O) groups excluding carboxylic acids is 1. The predicted octanol–water partition coefficient (Wildman–Crippen LogP) is 4.70. The minimum absolute atomic E-state index is 0.0523. The van der Waals surface area contributed by atoms with Crippen molar-refractivity contribution in [2.75, 3.05) is 22.8 Å². The predicted molar refractivity (Wildman–Crippen MR) is 132 cm³/mol. The van der Waals surface area contributed by atoms with Gasteiger partial charge in [0.15, 0.2) is 0 Å². The van der Waals surface area contributed by atoms with Crippen molar-refractivity contribution < 1.29 is 23.1 Å². The van der Waals surface area contributed by atoms with E-state index in [-0.39, 0.29) is 24.0 Å². The van der Waals surface area contributed by atoms with E-state index in [0.29, 0.717) is 22.1 Å². The Kier molecular flexibility index (Phi) is 8.36. The van der Waals surface area contributed by atoms with Gasteiger partial charge in [-0.15, -0.1) is 0 Å². The molecule has 33 heavy (non-hydrogen) atoms. The second-order valence-corrected chi connectivity index (χ2v) is 10.4. The first-order chi connectivity index (χ1) is 15.6. The molecule has 3 aromatic carbocycles. The Labute approximate surface area is 206 Å². The lowest BCUT2D eigenvalue weighted by Gasteiger charge is -2.27. The van der Waals surface area contributed by atoms with Gasteiger partial charge in [0.2, 0.25) is 5.91 Å². The van der Waals surface area contributed by atoms with Gasteiger partial charge in [-0.25, -0.2) is 8.42 Å². The van der Waals surface area contributed by atoms with Crippen LogP contribution < -0.4 is 14.4 Å². The van der Waals surface area contributed by atoms with Crippen LogP contribution in [0.5, 0.6) is 5.75 Å². The lowest BCUT2D eigenvalue weighted by molar-refractivity contribution is -0.114. The molecule has 0 radical (unpaired) electrons. The average molecular weight is 554 g/mol. The summed E-state index contributed by atoms with van der Waals surface area (Å²) in [5.74, 6) is 0.285. The van der Waals surface area contributed by atoms with E-state index >= 15 is 0 Å². The number of anilines is 2. The summed E-state index contributed by atoms with van der Waals surface area (Å²) in [6.45, 7) is 1.05. The van der Waals surface area contributed by atoms with Crippen LogP contribution in [0.1, 0.15) is 6.92 Å². The molecule has 3 rings (SSSR count). The molecule has 2 N–H and O–H groups in total. The maximum absolute atomic E-state index is 13.3. The molecule has 1 amide bonds. The number of amides is 1. The summed E-state index contributed by atoms with van der Waals surface area (Å²) < 4.78 is 34.2. The Morgan fingerprint density at radius 2 is 1.67 bits per heavy atom. The highest BCUT2D eigenvalue weighted by molar-refractivity contribution is 9.10. The maximum Gasteiger partial charge on any atom is 0.264 e. The number of aliphatic hydroxyl groups is 1. The van der Waals surface area contributed by atoms with Crippen molar-refractivity contribution in [3.8, 4) is 5.75 Å². The fourth-order valence-corrected chi connectivity index (χ4v) is 4.85. The van der Waals surface area contributed by atoms with Gasteiger partial charge in [-0.2, -0.15) is 0 Å². The molecule has 0 aliphatic carbocycles. The normalized spacial score (nSPS) is 12.1. The summed E-state index contributed by atoms with van der Waals surface area (Å²) in [6, 6.07) is 19.2. The van der Waals surface area contributed by atoms with E-state index in [9.17, 15) is 18.3 Å². The number of carbonyl (C=O) groups is 1. The van der Waals surface area contributed by atoms with Crippen molar-refractivity contribution in [3.63, 3.8) is 0 Å². The van der Waals surface area contributed by atoms with Gasteiger partial charge in [0.25, 0.3) is 10.0 Å². The number of aliphatic hydroxyl groups excluding tert-OH is 1. The summed E-state index contributed by atoms with van der Waals surface area (Å²) in [6.07, 6.45) is -1.12. The molecule has 3 aromatic rings. The highest BCUT2D eigenvalue weighted by Gasteiger charge is 2.27. The minimum atomic E-state index is -3.98. The van der Waals surface area contributed by atoms with Gasteiger partial charge in [-0.3, -0.25) is 9.10 Å². The Balaban J connectivity index is 1.76. The van der Waals surface area contributed by atoms with Crippen molar-refractivity contribution >= 4 is 54.8 Å². The largest absolute Gasteiger partial charge is 0.491 e. The van der Waals surface area contributed by atoms with Crippen molar-refractivity contribution in [2.24, 2.45) is 0 Å². The lowest BCUT2D eigenvalue weighted by atomic mass is 10.3. The van der Waals surface area contributed by atoms with Gasteiger partial charge in [-0.1, -0.05) is 27.5 Å². The topological polar surface area (TPSA) is 95.9 Å². The van der Waals surface area contributed by atoms with Crippen LogP contribution in [0.15, 0.2) is 82.2 Å². The second-order valence-electron chi connectivity index (χ2n) is 7.14. The Morgan fingerprint density at radius 1 is 1.06 bits per heavy atom. The number of nitrogens with one attached hydrogen (secondary N) is 1. The fraction of sp³-hybridized carbons (Fsp3) is 0.174. The zero-order valence-corrected chi connectivity index (χ0v) is 20.8. The summed E-state index contributed by atoms with van der Waals surface area (Å²) >= 11 is 9.25. The molecule has 1 unspecified atom stereocenters. The number of halogens is 2. The molecule has 10 heteroatoms. The molecule has 1 atom stereocenters. The zero-order chi connectivity index (χ0) is 24.0. The SMILES string of the molecule is CC(=O)Nc1ccc(OCC(O)CN(c2ccc(Br)cc2)S(=O)(=O)c2ccc(Cl)cc2)cc1. The average Bonchev–Trinajstić information content (AvgIpc) is 2.77. The van der Waals surface area contributed by atoms with Gasteiger partial charge in [0, 0.05) is 22.1 Å². The van der Waals surface area contributed by atoms with Crippen LogP contribution in [0.2, 0.25) is 5.02 Å². The molecule has 0 heterocycles. The van der Waals surface area contributed by atoms with Crippen LogP contribution >= 0.6 is 27.5 Å². The molecule has 0 saturated heterocycles. The van der Waals surface area contributed by atoms with Crippen LogP contribution in [0.3, 0.4) is 0 Å². The molecule has 0 bridgehead atoms. The van der Waals surface area contributed by atoms with Crippen molar-refractivity contribution in [2.45, 2.75) is 17.9 Å². The van der Waals surface area contributed by atoms with E-state index in [1.54, 1.807) is 48.5 Å². The highest BCUT2D eigenvalue weighted by atomic mass is 79.9. The molecule has 0 aromatic heterocycles. The first-order valence-electron chi connectivity index (χ1n) is 9.87. The zero-order valence-electron chi connectivity index (χ0n) is 17.6. The van der Waals surface area contributed by atoms with Gasteiger partial charge in [-0.05, 0) is 72.8 Å². The Hall–Kier alpha value is -2.59. The molecule has 0 spiro atoms. The van der Waals surface area contributed by atoms with E-state index in [1.165, 1.54) is 31.2 Å². The van der Waals surface area contributed by atoms with E-state index in [2.05, 4.69) is 21.2 Å². The molecule has 0 fully saturated rings. The first-order valence-corrected chi connectivity index (χ1v) is 12.5. The third kappa shape index (κ3) is 6.94. The van der Waals surface area contributed by atoms with Crippen LogP contribution in [-0.2, 0) is 14.8 Å². The molecule has 0 aliphatic heterocycles. The summed E-state index contributed by atoms with van der Waals surface area (Å²) in [7, 11) is -3.98. The van der Waals surface area contributed by atoms with Crippen LogP contribution in [0.25, 0.3) is 0 Å². The molecule has 7 nitrogen and oxygen atoms in total. The van der Waals surface area contributed by atoms with Crippen molar-refractivity contribution in [3.05, 3.63) is 82.3 Å². The lowest BCUT2D eigenvalue weighted by Crippen LogP contribution is -2.39. The summed E-state index contributed by atoms with van der Waals surface area (Å²) in [4.78, 5) is 11.2. The number of ether oxygens (including phenoxy) is 1. The number of hydrogen-bond acceptors (Lipinski definition) is 5. The second kappa shape index (κ2) is 11.0. The monoisotopic (exact) mass is 552 g/mol. The fourth-order valence-electron chi connectivity index (χ4n) is 2.96. The van der Waals surface area contributed by atoms with Gasteiger partial charge < -0.3 is 15.2 Å². The minimum Gasteiger partial charge on any atom is -0.491 e. The van der Waals surface area contributed by atoms with Gasteiger partial charge in [0.05, 0.1) is 17.1 Å². The Bertz CT molecular complexity index is 1190. The third-order valence-electron chi connectivity index (χ3n) is 4.51. The first kappa shape index (κ1) is 25.0. The van der Waals surface area contributed by atoms with E-state index < -0.39 is 16.1 Å². The number of benzene rings is 3. The molecular weight excluding hydrogens is 532 g/mol. The molecule has 0 saturated carbocycles. The number of rotatable bonds is 9. The van der Waals surface area contributed by atoms with Crippen molar-refractivity contribution in [1.82, 2.24) is 0 Å². The van der Waals surface area contributed by atoms with Crippen LogP contribution in [-0.4, -0.2) is 38.7 Å². The van der Waals surface area contributed by atoms with Crippen LogP contribution in [0, 0.1) is 0 Å². The smallest absolute Gasteiger partial charge is 0.264 e. The standard InChI is InChI=1S/C23H22BrClN2O5S/c1-16(28)26-19-6-10-22(11-7-19)32-15-21(29)14-27(20-8-2-17(24)3-9-20)33(30,31)23-12-4-18(25)5-13-23/h2-13,21,29H,14-15H2,1H3,(H,26,28). The molecule has 0 aliphatic rings. The van der Waals surface area contributed by atoms with Gasteiger partial charge >= 0.3 is 0 Å². The molecule has 174 valence electrons. The Morgan fingerprint density at radius 3 is 2.24 bits per heavy atom. The maximum atomic E-state index is 13.3. The van der Waals surface area contributed by atoms with E-state index in [4.69, 9.17) is 16.3 Å². The number of hydrogen-bond donors (Lipinski definition) is 2. The van der Waals surface area contributed by atoms with E-state index in [0.717, 1.165) is 8.78 Å². The van der Waals surface area contributed by atoms with Gasteiger partial charge in [0.1, 0.15) is 18.5 Å².